The summed E-state index contributed by atoms with van der Waals surface area (Å²) < 4.78 is 18.9. The zero-order chi connectivity index (χ0) is 23.2. The fourth-order valence-corrected chi connectivity index (χ4v) is 5.40. The van der Waals surface area contributed by atoms with Gasteiger partial charge in [-0.15, -0.1) is 11.8 Å². The van der Waals surface area contributed by atoms with Gasteiger partial charge < -0.3 is 19.6 Å². The van der Waals surface area contributed by atoms with Gasteiger partial charge in [-0.2, -0.15) is 0 Å². The molecule has 0 bridgehead atoms. The number of carboxylic acid groups (broad SMARTS) is 1. The van der Waals surface area contributed by atoms with E-state index in [0.717, 1.165) is 54.2 Å². The third-order valence-electron chi connectivity index (χ3n) is 5.90. The van der Waals surface area contributed by atoms with Crippen LogP contribution in [-0.4, -0.2) is 46.8 Å². The van der Waals surface area contributed by atoms with Crippen LogP contribution in [0.3, 0.4) is 0 Å². The average Bonchev–Trinajstić information content (AvgIpc) is 2.83. The number of aliphatic carboxylic acids is 1. The van der Waals surface area contributed by atoms with Crippen molar-refractivity contribution >= 4 is 23.4 Å². The quantitative estimate of drug-likeness (QED) is 0.518. The number of nitrogens with zero attached hydrogens (tertiary/aromatic N) is 2. The molecule has 2 aromatic rings. The second-order valence-electron chi connectivity index (χ2n) is 8.12. The minimum atomic E-state index is -0.892. The normalized spacial score (nSPS) is 17.4. The summed E-state index contributed by atoms with van der Waals surface area (Å²) in [6.07, 6.45) is 7.19. The van der Waals surface area contributed by atoms with E-state index in [1.807, 2.05) is 12.3 Å². The molecule has 2 aromatic carbocycles. The van der Waals surface area contributed by atoms with Crippen molar-refractivity contribution < 1.29 is 19.0 Å². The van der Waals surface area contributed by atoms with E-state index >= 15 is 0 Å². The Bertz CT molecular complexity index is 1040. The van der Waals surface area contributed by atoms with Gasteiger partial charge in [-0.25, -0.2) is 9.18 Å². The largest absolute Gasteiger partial charge is 0.490 e. The van der Waals surface area contributed by atoms with Crippen LogP contribution in [0, 0.1) is 5.82 Å². The van der Waals surface area contributed by atoms with Gasteiger partial charge in [-0.05, 0) is 73.1 Å². The lowest BCUT2D eigenvalue weighted by atomic mass is 10.1. The summed E-state index contributed by atoms with van der Waals surface area (Å²) in [5.74, 6) is 0.582. The van der Waals surface area contributed by atoms with Crippen molar-refractivity contribution in [1.82, 2.24) is 4.90 Å². The molecule has 0 radical (unpaired) electrons. The van der Waals surface area contributed by atoms with Gasteiger partial charge in [-0.1, -0.05) is 18.2 Å². The monoisotopic (exact) mass is 468 g/mol. The number of rotatable bonds is 9. The molecule has 4 rings (SSSR count). The number of hydrogen-bond donors (Lipinski definition) is 1. The van der Waals surface area contributed by atoms with Crippen LogP contribution in [0.15, 0.2) is 66.4 Å². The van der Waals surface area contributed by atoms with Gasteiger partial charge in [0.05, 0.1) is 17.8 Å². The van der Waals surface area contributed by atoms with E-state index < -0.39 is 5.97 Å². The fourth-order valence-electron chi connectivity index (χ4n) is 4.17. The standard InChI is InChI=1S/C26H29FN2O3S/c1-2-28-14-15-32-24-12-9-20(17-23(24)28)18-29-13-3-6-22(26(30)31)25(29)33-16-4-5-19-7-10-21(27)11-8-19/h3,6-13,17,25H,2,4-5,14-16,18H2,1H3,(H,30,31). The summed E-state index contributed by atoms with van der Waals surface area (Å²) in [4.78, 5) is 16.3. The van der Waals surface area contributed by atoms with Crippen molar-refractivity contribution in [3.63, 3.8) is 0 Å². The van der Waals surface area contributed by atoms with E-state index in [9.17, 15) is 14.3 Å². The molecule has 0 amide bonds. The molecule has 1 atom stereocenters. The van der Waals surface area contributed by atoms with Gasteiger partial charge >= 0.3 is 5.97 Å². The van der Waals surface area contributed by atoms with Gasteiger partial charge in [0.1, 0.15) is 23.5 Å². The number of thioether (sulfide) groups is 1. The second-order valence-corrected chi connectivity index (χ2v) is 9.31. The lowest BCUT2D eigenvalue weighted by Crippen LogP contribution is -2.35. The van der Waals surface area contributed by atoms with Crippen molar-refractivity contribution in [1.29, 1.82) is 0 Å². The SMILES string of the molecule is CCN1CCOc2ccc(CN3C=CC=C(C(=O)O)C3SCCCc3ccc(F)cc3)cc21. The number of allylic oxidation sites excluding steroid dienone is 2. The summed E-state index contributed by atoms with van der Waals surface area (Å²) in [6.45, 7) is 5.23. The minimum Gasteiger partial charge on any atom is -0.490 e. The molecule has 0 saturated heterocycles. The Morgan fingerprint density at radius 2 is 2.00 bits per heavy atom. The molecule has 2 aliphatic heterocycles. The first-order valence-electron chi connectivity index (χ1n) is 11.3. The Labute approximate surface area is 198 Å². The van der Waals surface area contributed by atoms with E-state index in [1.165, 1.54) is 12.1 Å². The molecule has 1 N–H and O–H groups in total. The lowest BCUT2D eigenvalue weighted by Gasteiger charge is -2.34. The molecule has 33 heavy (non-hydrogen) atoms. The maximum atomic E-state index is 13.1. The van der Waals surface area contributed by atoms with Crippen LogP contribution in [-0.2, 0) is 17.8 Å². The minimum absolute atomic E-state index is 0.232. The molecule has 2 aliphatic rings. The van der Waals surface area contributed by atoms with Crippen molar-refractivity contribution in [3.05, 3.63) is 83.3 Å². The van der Waals surface area contributed by atoms with Gasteiger partial charge in [0.25, 0.3) is 0 Å². The fraction of sp³-hybridized carbons (Fsp3) is 0.346. The van der Waals surface area contributed by atoms with Gasteiger partial charge in [0, 0.05) is 19.3 Å². The number of ether oxygens (including phenoxy) is 1. The van der Waals surface area contributed by atoms with Crippen molar-refractivity contribution in [2.75, 3.05) is 30.3 Å². The summed E-state index contributed by atoms with van der Waals surface area (Å²) in [6, 6.07) is 12.8. The predicted octanol–water partition coefficient (Wildman–Crippen LogP) is 5.08. The topological polar surface area (TPSA) is 53.0 Å². The first-order valence-corrected chi connectivity index (χ1v) is 12.3. The van der Waals surface area contributed by atoms with Crippen LogP contribution in [0.25, 0.3) is 0 Å². The molecule has 0 saturated carbocycles. The zero-order valence-corrected chi connectivity index (χ0v) is 19.6. The van der Waals surface area contributed by atoms with E-state index in [-0.39, 0.29) is 11.2 Å². The number of hydrogen-bond acceptors (Lipinski definition) is 5. The van der Waals surface area contributed by atoms with E-state index in [2.05, 4.69) is 28.9 Å². The van der Waals surface area contributed by atoms with Crippen LogP contribution in [0.2, 0.25) is 0 Å². The summed E-state index contributed by atoms with van der Waals surface area (Å²) in [5.41, 5.74) is 3.69. The highest BCUT2D eigenvalue weighted by Crippen LogP contribution is 2.34. The molecule has 0 aliphatic carbocycles. The van der Waals surface area contributed by atoms with Crippen LogP contribution < -0.4 is 9.64 Å². The maximum Gasteiger partial charge on any atom is 0.334 e. The van der Waals surface area contributed by atoms with Crippen molar-refractivity contribution in [2.24, 2.45) is 0 Å². The number of aryl methyl sites for hydroxylation is 1. The Kier molecular flexibility index (Phi) is 7.60. The van der Waals surface area contributed by atoms with Crippen molar-refractivity contribution in [3.8, 4) is 5.75 Å². The number of carboxylic acids is 1. The second kappa shape index (κ2) is 10.8. The molecular weight excluding hydrogens is 439 g/mol. The number of benzene rings is 2. The number of carbonyl (C=O) groups is 1. The Morgan fingerprint density at radius 3 is 2.76 bits per heavy atom. The van der Waals surface area contributed by atoms with Crippen LogP contribution in [0.4, 0.5) is 10.1 Å². The number of anilines is 1. The molecule has 5 nitrogen and oxygen atoms in total. The number of halogens is 1. The molecular formula is C26H29FN2O3S. The van der Waals surface area contributed by atoms with Crippen molar-refractivity contribution in [2.45, 2.75) is 31.7 Å². The molecule has 0 aromatic heterocycles. The highest BCUT2D eigenvalue weighted by molar-refractivity contribution is 8.00. The Morgan fingerprint density at radius 1 is 1.21 bits per heavy atom. The third-order valence-corrected chi connectivity index (χ3v) is 7.26. The smallest absolute Gasteiger partial charge is 0.334 e. The first kappa shape index (κ1) is 23.2. The summed E-state index contributed by atoms with van der Waals surface area (Å²) in [7, 11) is 0. The Balaban J connectivity index is 1.43. The predicted molar refractivity (Wildman–Crippen MR) is 131 cm³/mol. The van der Waals surface area contributed by atoms with Crippen LogP contribution in [0.5, 0.6) is 5.75 Å². The van der Waals surface area contributed by atoms with Gasteiger partial charge in [-0.3, -0.25) is 0 Å². The molecule has 2 heterocycles. The van der Waals surface area contributed by atoms with E-state index in [4.69, 9.17) is 4.74 Å². The van der Waals surface area contributed by atoms with Gasteiger partial charge in [0.15, 0.2) is 0 Å². The summed E-state index contributed by atoms with van der Waals surface area (Å²) >= 11 is 1.63. The lowest BCUT2D eigenvalue weighted by molar-refractivity contribution is -0.133. The molecule has 0 fully saturated rings. The highest BCUT2D eigenvalue weighted by atomic mass is 32.2. The maximum absolute atomic E-state index is 13.1. The molecule has 0 spiro atoms. The van der Waals surface area contributed by atoms with E-state index in [1.54, 1.807) is 36.0 Å². The molecule has 174 valence electrons. The average molecular weight is 469 g/mol. The first-order chi connectivity index (χ1) is 16.0. The van der Waals surface area contributed by atoms with E-state index in [0.29, 0.717) is 18.7 Å². The van der Waals surface area contributed by atoms with Crippen LogP contribution in [0.1, 0.15) is 24.5 Å². The third kappa shape index (κ3) is 5.71. The molecule has 7 heteroatoms. The number of fused-ring (bicyclic) bond motifs is 1. The summed E-state index contributed by atoms with van der Waals surface area (Å²) in [5, 5.41) is 9.51. The zero-order valence-electron chi connectivity index (χ0n) is 18.7. The number of likely N-dealkylation sites (N-methyl/N-ethyl adjacent to an activating group) is 1. The van der Waals surface area contributed by atoms with Gasteiger partial charge in [0.2, 0.25) is 0 Å². The highest BCUT2D eigenvalue weighted by Gasteiger charge is 2.28. The van der Waals surface area contributed by atoms with Crippen LogP contribution >= 0.6 is 11.8 Å². The Hall–Kier alpha value is -2.93. The molecule has 1 unspecified atom stereocenters.